The number of allylic oxidation sites excluding steroid dienone is 4. The highest BCUT2D eigenvalue weighted by atomic mass is 16.5. The molecule has 0 aromatic rings. The van der Waals surface area contributed by atoms with Gasteiger partial charge in [0, 0.05) is 17.3 Å². The molecule has 5 atom stereocenters. The van der Waals surface area contributed by atoms with E-state index in [1.807, 2.05) is 6.92 Å². The molecule has 0 radical (unpaired) electrons. The SMILES string of the molecule is CCC(=O)OC[C@@]12CCC[C@H]1[C@@H]1CCC3=CCC=C[C@]3(C)[C@H]1CC2. The Hall–Kier alpha value is -1.05. The molecule has 2 nitrogen and oxygen atoms in total. The summed E-state index contributed by atoms with van der Waals surface area (Å²) in [5, 5.41) is 0. The van der Waals surface area contributed by atoms with Crippen molar-refractivity contribution in [2.75, 3.05) is 6.61 Å². The highest BCUT2D eigenvalue weighted by Gasteiger charge is 2.57. The molecule has 0 aliphatic heterocycles. The summed E-state index contributed by atoms with van der Waals surface area (Å²) in [6.45, 7) is 5.07. The third-order valence-corrected chi connectivity index (χ3v) is 7.95. The summed E-state index contributed by atoms with van der Waals surface area (Å²) in [5.41, 5.74) is 2.30. The average Bonchev–Trinajstić information content (AvgIpc) is 3.03. The van der Waals surface area contributed by atoms with Crippen molar-refractivity contribution in [3.05, 3.63) is 23.8 Å². The molecule has 3 fully saturated rings. The van der Waals surface area contributed by atoms with Crippen LogP contribution < -0.4 is 0 Å². The maximum absolute atomic E-state index is 11.7. The number of hydrogen-bond acceptors (Lipinski definition) is 2. The van der Waals surface area contributed by atoms with E-state index in [0.717, 1.165) is 24.2 Å². The lowest BCUT2D eigenvalue weighted by Gasteiger charge is -2.56. The van der Waals surface area contributed by atoms with E-state index in [1.165, 1.54) is 44.9 Å². The van der Waals surface area contributed by atoms with Crippen molar-refractivity contribution in [1.82, 2.24) is 0 Å². The van der Waals surface area contributed by atoms with Crippen molar-refractivity contribution >= 4 is 5.97 Å². The van der Waals surface area contributed by atoms with E-state index in [0.29, 0.717) is 23.9 Å². The molecule has 132 valence electrons. The smallest absolute Gasteiger partial charge is 0.305 e. The predicted octanol–water partition coefficient (Wildman–Crippen LogP) is 5.44. The minimum absolute atomic E-state index is 0.0202. The largest absolute Gasteiger partial charge is 0.465 e. The topological polar surface area (TPSA) is 26.3 Å². The number of rotatable bonds is 3. The summed E-state index contributed by atoms with van der Waals surface area (Å²) in [4.78, 5) is 11.7. The maximum Gasteiger partial charge on any atom is 0.305 e. The molecule has 0 aromatic carbocycles. The fraction of sp³-hybridized carbons (Fsp3) is 0.773. The second-order valence-corrected chi connectivity index (χ2v) is 8.87. The predicted molar refractivity (Wildman–Crippen MR) is 96.4 cm³/mol. The van der Waals surface area contributed by atoms with Crippen molar-refractivity contribution in [2.45, 2.75) is 71.6 Å². The normalized spacial score (nSPS) is 43.4. The summed E-state index contributed by atoms with van der Waals surface area (Å²) < 4.78 is 5.68. The van der Waals surface area contributed by atoms with Crippen LogP contribution in [0.25, 0.3) is 0 Å². The van der Waals surface area contributed by atoms with E-state index in [9.17, 15) is 4.79 Å². The van der Waals surface area contributed by atoms with E-state index in [2.05, 4.69) is 25.2 Å². The van der Waals surface area contributed by atoms with E-state index in [4.69, 9.17) is 4.74 Å². The Bertz CT molecular complexity index is 575. The number of esters is 1. The number of ether oxygens (including phenoxy) is 1. The first kappa shape index (κ1) is 16.4. The lowest BCUT2D eigenvalue weighted by Crippen LogP contribution is -2.50. The third kappa shape index (κ3) is 2.40. The van der Waals surface area contributed by atoms with Crippen LogP contribution in [0.2, 0.25) is 0 Å². The van der Waals surface area contributed by atoms with E-state index in [1.54, 1.807) is 5.57 Å². The van der Waals surface area contributed by atoms with Gasteiger partial charge in [0.05, 0.1) is 6.61 Å². The number of carbonyl (C=O) groups is 1. The molecule has 0 aromatic heterocycles. The lowest BCUT2D eigenvalue weighted by atomic mass is 9.48. The van der Waals surface area contributed by atoms with Crippen LogP contribution in [0.1, 0.15) is 71.6 Å². The Morgan fingerprint density at radius 3 is 2.96 bits per heavy atom. The Morgan fingerprint density at radius 1 is 1.25 bits per heavy atom. The lowest BCUT2D eigenvalue weighted by molar-refractivity contribution is -0.151. The molecule has 0 amide bonds. The van der Waals surface area contributed by atoms with E-state index in [-0.39, 0.29) is 5.97 Å². The van der Waals surface area contributed by atoms with Gasteiger partial charge in [-0.2, -0.15) is 0 Å². The Kier molecular flexibility index (Phi) is 4.13. The van der Waals surface area contributed by atoms with Crippen LogP contribution >= 0.6 is 0 Å². The van der Waals surface area contributed by atoms with Gasteiger partial charge in [0.2, 0.25) is 0 Å². The summed E-state index contributed by atoms with van der Waals surface area (Å²) in [5.74, 6) is 2.38. The van der Waals surface area contributed by atoms with Crippen LogP contribution in [-0.2, 0) is 9.53 Å². The highest BCUT2D eigenvalue weighted by Crippen LogP contribution is 2.64. The number of fused-ring (bicyclic) bond motifs is 5. The van der Waals surface area contributed by atoms with Gasteiger partial charge in [-0.25, -0.2) is 0 Å². The van der Waals surface area contributed by atoms with Crippen molar-refractivity contribution in [1.29, 1.82) is 0 Å². The van der Waals surface area contributed by atoms with E-state index >= 15 is 0 Å². The van der Waals surface area contributed by atoms with Gasteiger partial charge in [0.1, 0.15) is 0 Å². The minimum Gasteiger partial charge on any atom is -0.465 e. The second-order valence-electron chi connectivity index (χ2n) is 8.87. The molecular weight excluding hydrogens is 296 g/mol. The highest BCUT2D eigenvalue weighted by molar-refractivity contribution is 5.68. The Labute approximate surface area is 146 Å². The molecule has 3 saturated carbocycles. The van der Waals surface area contributed by atoms with Crippen LogP contribution in [0.4, 0.5) is 0 Å². The first-order chi connectivity index (χ1) is 11.6. The quantitative estimate of drug-likeness (QED) is 0.509. The van der Waals surface area contributed by atoms with Crippen molar-refractivity contribution in [3.8, 4) is 0 Å². The van der Waals surface area contributed by atoms with Gasteiger partial charge in [0.25, 0.3) is 0 Å². The van der Waals surface area contributed by atoms with Crippen LogP contribution in [-0.4, -0.2) is 12.6 Å². The first-order valence-electron chi connectivity index (χ1n) is 10.1. The standard InChI is InChI=1S/C22H32O2/c1-3-20(23)24-15-22-13-6-8-19(22)17-10-9-16-7-4-5-12-21(16,2)18(17)11-14-22/h5,7,12,17-19H,3-4,6,8-11,13-15H2,1-2H3/t17-,18+,19+,21+,22+/m1/s1. The van der Waals surface area contributed by atoms with Crippen LogP contribution in [0.15, 0.2) is 23.8 Å². The molecule has 4 rings (SSSR count). The molecule has 0 heterocycles. The fourth-order valence-electron chi connectivity index (χ4n) is 6.71. The van der Waals surface area contributed by atoms with E-state index < -0.39 is 0 Å². The molecule has 2 heteroatoms. The van der Waals surface area contributed by atoms with Crippen LogP contribution in [0.5, 0.6) is 0 Å². The van der Waals surface area contributed by atoms with Crippen molar-refractivity contribution in [2.24, 2.45) is 28.6 Å². The Balaban J connectivity index is 1.58. The van der Waals surface area contributed by atoms with Gasteiger partial charge in [-0.15, -0.1) is 0 Å². The third-order valence-electron chi connectivity index (χ3n) is 7.95. The second kappa shape index (κ2) is 6.04. The summed E-state index contributed by atoms with van der Waals surface area (Å²) >= 11 is 0. The van der Waals surface area contributed by atoms with Crippen LogP contribution in [0.3, 0.4) is 0 Å². The van der Waals surface area contributed by atoms with Gasteiger partial charge < -0.3 is 4.74 Å². The maximum atomic E-state index is 11.7. The number of carbonyl (C=O) groups excluding carboxylic acids is 1. The van der Waals surface area contributed by atoms with Gasteiger partial charge in [-0.3, -0.25) is 4.79 Å². The van der Waals surface area contributed by atoms with Gasteiger partial charge in [-0.05, 0) is 62.7 Å². The molecule has 0 saturated heterocycles. The zero-order valence-electron chi connectivity index (χ0n) is 15.4. The zero-order chi connectivity index (χ0) is 16.8. The molecule has 0 spiro atoms. The van der Waals surface area contributed by atoms with Gasteiger partial charge >= 0.3 is 5.97 Å². The van der Waals surface area contributed by atoms with Crippen LogP contribution in [0, 0.1) is 28.6 Å². The monoisotopic (exact) mass is 328 g/mol. The number of hydrogen-bond donors (Lipinski definition) is 0. The summed E-state index contributed by atoms with van der Waals surface area (Å²) in [6.07, 6.45) is 18.2. The average molecular weight is 328 g/mol. The Morgan fingerprint density at radius 2 is 2.12 bits per heavy atom. The molecule has 4 aliphatic carbocycles. The molecule has 0 unspecified atom stereocenters. The molecule has 0 bridgehead atoms. The minimum atomic E-state index is -0.0202. The zero-order valence-corrected chi connectivity index (χ0v) is 15.4. The molecule has 0 N–H and O–H groups in total. The van der Waals surface area contributed by atoms with Gasteiger partial charge in [0.15, 0.2) is 0 Å². The summed E-state index contributed by atoms with van der Waals surface area (Å²) in [6, 6.07) is 0. The van der Waals surface area contributed by atoms with Gasteiger partial charge in [-0.1, -0.05) is 44.1 Å². The fourth-order valence-corrected chi connectivity index (χ4v) is 6.71. The summed E-state index contributed by atoms with van der Waals surface area (Å²) in [7, 11) is 0. The molecule has 24 heavy (non-hydrogen) atoms. The van der Waals surface area contributed by atoms with Crippen molar-refractivity contribution in [3.63, 3.8) is 0 Å². The van der Waals surface area contributed by atoms with Crippen molar-refractivity contribution < 1.29 is 9.53 Å². The first-order valence-corrected chi connectivity index (χ1v) is 10.1. The molecular formula is C22H32O2. The molecule has 4 aliphatic rings.